The summed E-state index contributed by atoms with van der Waals surface area (Å²) in [4.78, 5) is 16.5. The number of pyridine rings is 1. The molecule has 1 aromatic carbocycles. The highest BCUT2D eigenvalue weighted by Crippen LogP contribution is 2.10. The van der Waals surface area contributed by atoms with Crippen molar-refractivity contribution in [1.82, 2.24) is 10.3 Å². The van der Waals surface area contributed by atoms with E-state index >= 15 is 0 Å². The van der Waals surface area contributed by atoms with Crippen LogP contribution in [0.25, 0.3) is 0 Å². The second kappa shape index (κ2) is 8.77. The average Bonchev–Trinajstić information content (AvgIpc) is 2.61. The minimum atomic E-state index is -3.68. The van der Waals surface area contributed by atoms with Gasteiger partial charge in [-0.15, -0.1) is 0 Å². The van der Waals surface area contributed by atoms with E-state index in [9.17, 15) is 13.2 Å². The zero-order valence-corrected chi connectivity index (χ0v) is 15.7. The van der Waals surface area contributed by atoms with Crippen LogP contribution in [0.15, 0.2) is 47.5 Å². The van der Waals surface area contributed by atoms with Crippen molar-refractivity contribution in [1.29, 1.82) is 0 Å². The van der Waals surface area contributed by atoms with Gasteiger partial charge in [0, 0.05) is 18.8 Å². The molecule has 1 atom stereocenters. The van der Waals surface area contributed by atoms with Gasteiger partial charge in [0.05, 0.1) is 10.5 Å². The lowest BCUT2D eigenvalue weighted by Crippen LogP contribution is -2.26. The Morgan fingerprint density at radius 2 is 1.88 bits per heavy atom. The first-order valence-corrected chi connectivity index (χ1v) is 9.96. The third kappa shape index (κ3) is 5.82. The zero-order chi connectivity index (χ0) is 19.2. The van der Waals surface area contributed by atoms with Crippen LogP contribution in [0.1, 0.15) is 36.2 Å². The molecule has 0 saturated heterocycles. The number of primary sulfonamides is 1. The molecule has 4 N–H and O–H groups in total. The minimum absolute atomic E-state index is 0.0717. The number of anilines is 1. The first kappa shape index (κ1) is 19.9. The lowest BCUT2D eigenvalue weighted by Gasteiger charge is -2.12. The SMILES string of the molecule is CCC(C)Nc1ccc(C(=O)NCCc2ccc(S(N)(=O)=O)cc2)cn1. The Morgan fingerprint density at radius 1 is 1.19 bits per heavy atom. The van der Waals surface area contributed by atoms with Gasteiger partial charge in [0.25, 0.3) is 5.91 Å². The van der Waals surface area contributed by atoms with Crippen molar-refractivity contribution in [2.75, 3.05) is 11.9 Å². The van der Waals surface area contributed by atoms with Crippen LogP contribution in [0.2, 0.25) is 0 Å². The molecule has 0 aliphatic heterocycles. The van der Waals surface area contributed by atoms with Gasteiger partial charge in [0.15, 0.2) is 0 Å². The van der Waals surface area contributed by atoms with Gasteiger partial charge in [-0.2, -0.15) is 0 Å². The van der Waals surface area contributed by atoms with Crippen molar-refractivity contribution in [2.45, 2.75) is 37.6 Å². The summed E-state index contributed by atoms with van der Waals surface area (Å²) in [6.07, 6.45) is 3.11. The van der Waals surface area contributed by atoms with E-state index in [2.05, 4.69) is 29.5 Å². The summed E-state index contributed by atoms with van der Waals surface area (Å²) in [5.74, 6) is 0.541. The van der Waals surface area contributed by atoms with Gasteiger partial charge in [-0.25, -0.2) is 18.5 Å². The van der Waals surface area contributed by atoms with E-state index in [4.69, 9.17) is 5.14 Å². The summed E-state index contributed by atoms with van der Waals surface area (Å²) in [6, 6.07) is 10.1. The Bertz CT molecular complexity index is 834. The quantitative estimate of drug-likeness (QED) is 0.651. The van der Waals surface area contributed by atoms with Crippen molar-refractivity contribution in [3.05, 3.63) is 53.7 Å². The zero-order valence-electron chi connectivity index (χ0n) is 14.9. The molecule has 0 aliphatic carbocycles. The number of nitrogens with one attached hydrogen (secondary N) is 2. The number of rotatable bonds is 8. The van der Waals surface area contributed by atoms with Crippen molar-refractivity contribution < 1.29 is 13.2 Å². The second-order valence-electron chi connectivity index (χ2n) is 6.08. The minimum Gasteiger partial charge on any atom is -0.368 e. The van der Waals surface area contributed by atoms with Crippen LogP contribution in [0.4, 0.5) is 5.82 Å². The number of amides is 1. The predicted octanol–water partition coefficient (Wildman–Crippen LogP) is 1.91. The third-order valence-corrected chi connectivity index (χ3v) is 4.91. The van der Waals surface area contributed by atoms with Gasteiger partial charge in [-0.3, -0.25) is 4.79 Å². The number of benzene rings is 1. The van der Waals surface area contributed by atoms with E-state index in [-0.39, 0.29) is 10.8 Å². The summed E-state index contributed by atoms with van der Waals surface area (Å²) in [5, 5.41) is 11.1. The van der Waals surface area contributed by atoms with E-state index in [1.54, 1.807) is 30.5 Å². The van der Waals surface area contributed by atoms with Gasteiger partial charge in [-0.1, -0.05) is 19.1 Å². The smallest absolute Gasteiger partial charge is 0.252 e. The number of hydrogen-bond acceptors (Lipinski definition) is 5. The fraction of sp³-hybridized carbons (Fsp3) is 0.333. The molecular formula is C18H24N4O3S. The Labute approximate surface area is 154 Å². The number of carbonyl (C=O) groups excluding carboxylic acids is 1. The van der Waals surface area contributed by atoms with Gasteiger partial charge < -0.3 is 10.6 Å². The van der Waals surface area contributed by atoms with Crippen molar-refractivity contribution >= 4 is 21.7 Å². The first-order chi connectivity index (χ1) is 12.3. The maximum absolute atomic E-state index is 12.1. The van der Waals surface area contributed by atoms with E-state index in [0.717, 1.165) is 17.8 Å². The molecule has 8 heteroatoms. The van der Waals surface area contributed by atoms with Crippen LogP contribution < -0.4 is 15.8 Å². The Balaban J connectivity index is 1.85. The standard InChI is InChI=1S/C18H24N4O3S/c1-3-13(2)22-17-9-6-15(12-21-17)18(23)20-11-10-14-4-7-16(8-5-14)26(19,24)25/h4-9,12-13H,3,10-11H2,1-2H3,(H,20,23)(H,21,22)(H2,19,24,25). The number of sulfonamides is 1. The molecule has 0 radical (unpaired) electrons. The van der Waals surface area contributed by atoms with Crippen LogP contribution in [0, 0.1) is 0 Å². The summed E-state index contributed by atoms with van der Waals surface area (Å²) in [7, 11) is -3.68. The largest absolute Gasteiger partial charge is 0.368 e. The first-order valence-electron chi connectivity index (χ1n) is 8.42. The van der Waals surface area contributed by atoms with Crippen molar-refractivity contribution in [3.63, 3.8) is 0 Å². The molecule has 26 heavy (non-hydrogen) atoms. The normalized spacial score (nSPS) is 12.4. The highest BCUT2D eigenvalue weighted by Gasteiger charge is 2.08. The van der Waals surface area contributed by atoms with E-state index in [1.165, 1.54) is 12.1 Å². The topological polar surface area (TPSA) is 114 Å². The molecule has 2 rings (SSSR count). The van der Waals surface area contributed by atoms with Crippen LogP contribution in [-0.2, 0) is 16.4 Å². The molecule has 1 heterocycles. The Hall–Kier alpha value is -2.45. The molecule has 140 valence electrons. The molecule has 0 fully saturated rings. The Morgan fingerprint density at radius 3 is 2.42 bits per heavy atom. The van der Waals surface area contributed by atoms with E-state index in [1.807, 2.05) is 0 Å². The molecule has 1 unspecified atom stereocenters. The summed E-state index contributed by atoms with van der Waals surface area (Å²) < 4.78 is 22.4. The molecule has 0 aliphatic rings. The third-order valence-electron chi connectivity index (χ3n) is 3.98. The predicted molar refractivity (Wildman–Crippen MR) is 101 cm³/mol. The fourth-order valence-corrected chi connectivity index (χ4v) is 2.75. The van der Waals surface area contributed by atoms with Gasteiger partial charge >= 0.3 is 0 Å². The van der Waals surface area contributed by atoms with Crippen molar-refractivity contribution in [2.24, 2.45) is 5.14 Å². The number of nitrogens with zero attached hydrogens (tertiary/aromatic N) is 1. The fourth-order valence-electron chi connectivity index (χ4n) is 2.24. The highest BCUT2D eigenvalue weighted by atomic mass is 32.2. The summed E-state index contributed by atoms with van der Waals surface area (Å²) in [6.45, 7) is 4.58. The number of aromatic nitrogens is 1. The summed E-state index contributed by atoms with van der Waals surface area (Å²) >= 11 is 0. The van der Waals surface area contributed by atoms with E-state index < -0.39 is 10.0 Å². The molecule has 0 spiro atoms. The maximum Gasteiger partial charge on any atom is 0.252 e. The number of hydrogen-bond donors (Lipinski definition) is 3. The maximum atomic E-state index is 12.1. The molecular weight excluding hydrogens is 352 g/mol. The monoisotopic (exact) mass is 376 g/mol. The Kier molecular flexibility index (Phi) is 6.70. The van der Waals surface area contributed by atoms with Gasteiger partial charge in [0.2, 0.25) is 10.0 Å². The molecule has 2 aromatic rings. The lowest BCUT2D eigenvalue weighted by atomic mass is 10.1. The highest BCUT2D eigenvalue weighted by molar-refractivity contribution is 7.89. The van der Waals surface area contributed by atoms with Crippen molar-refractivity contribution in [3.8, 4) is 0 Å². The molecule has 7 nitrogen and oxygen atoms in total. The van der Waals surface area contributed by atoms with Gasteiger partial charge in [-0.05, 0) is 49.6 Å². The second-order valence-corrected chi connectivity index (χ2v) is 7.64. The van der Waals surface area contributed by atoms with Gasteiger partial charge in [0.1, 0.15) is 5.82 Å². The molecule has 0 saturated carbocycles. The summed E-state index contributed by atoms with van der Waals surface area (Å²) in [5.41, 5.74) is 1.40. The molecule has 1 amide bonds. The molecule has 0 bridgehead atoms. The lowest BCUT2D eigenvalue weighted by molar-refractivity contribution is 0.0954. The average molecular weight is 376 g/mol. The number of nitrogens with two attached hydrogens (primary N) is 1. The van der Waals surface area contributed by atoms with Crippen LogP contribution in [0.3, 0.4) is 0 Å². The van der Waals surface area contributed by atoms with E-state index in [0.29, 0.717) is 24.6 Å². The molecule has 1 aromatic heterocycles. The van der Waals surface area contributed by atoms with Crippen LogP contribution in [-0.4, -0.2) is 31.9 Å². The van der Waals surface area contributed by atoms with Crippen LogP contribution >= 0.6 is 0 Å². The van der Waals surface area contributed by atoms with Crippen LogP contribution in [0.5, 0.6) is 0 Å². The number of carbonyl (C=O) groups is 1.